The zero-order chi connectivity index (χ0) is 34.5. The Kier molecular flexibility index (Phi) is 12.9. The zero-order valence-corrected chi connectivity index (χ0v) is 32.2. The Morgan fingerprint density at radius 2 is 1.91 bits per heavy atom. The average Bonchev–Trinajstić information content (AvgIpc) is 3.48. The molecule has 0 radical (unpaired) electrons. The van der Waals surface area contributed by atoms with Gasteiger partial charge in [0.15, 0.2) is 19.7 Å². The van der Waals surface area contributed by atoms with E-state index in [9.17, 15) is 9.59 Å². The molecule has 1 unspecified atom stereocenters. The van der Waals surface area contributed by atoms with Crippen molar-refractivity contribution < 1.29 is 28.2 Å². The lowest BCUT2D eigenvalue weighted by Crippen LogP contribution is -2.41. The fraction of sp³-hybridized carbons (Fsp3) is 0.629. The molecule has 2 aromatic heterocycles. The fourth-order valence-corrected chi connectivity index (χ4v) is 7.78. The van der Waals surface area contributed by atoms with Crippen molar-refractivity contribution >= 4 is 53.7 Å². The number of hydrogen-bond donors (Lipinski definition) is 0. The maximum Gasteiger partial charge on any atom is 0.354 e. The van der Waals surface area contributed by atoms with E-state index in [1.165, 1.54) is 18.9 Å². The molecule has 0 saturated carbocycles. The second-order valence-electron chi connectivity index (χ2n) is 13.8. The lowest BCUT2D eigenvalue weighted by molar-refractivity contribution is -0.169. The van der Waals surface area contributed by atoms with E-state index in [2.05, 4.69) is 38.4 Å². The summed E-state index contributed by atoms with van der Waals surface area (Å²) in [5.41, 5.74) is 5.69. The first-order valence-electron chi connectivity index (χ1n) is 16.6. The van der Waals surface area contributed by atoms with Gasteiger partial charge < -0.3 is 23.2 Å². The summed E-state index contributed by atoms with van der Waals surface area (Å²) in [4.78, 5) is 25.4. The molecule has 9 nitrogen and oxygen atoms in total. The molecular weight excluding hydrogens is 654 g/mol. The second kappa shape index (κ2) is 16.0. The molecule has 47 heavy (non-hydrogen) atoms. The summed E-state index contributed by atoms with van der Waals surface area (Å²) in [6.45, 7) is 16.9. The Balaban J connectivity index is 1.84. The van der Waals surface area contributed by atoms with Gasteiger partial charge in [-0.25, -0.2) is 4.79 Å². The number of methoxy groups -OCH3 is 1. The molecule has 0 bridgehead atoms. The van der Waals surface area contributed by atoms with Gasteiger partial charge in [-0.15, -0.1) is 0 Å². The van der Waals surface area contributed by atoms with E-state index in [4.69, 9.17) is 35.3 Å². The summed E-state index contributed by atoms with van der Waals surface area (Å²) in [6, 6.07) is 3.92. The van der Waals surface area contributed by atoms with E-state index in [0.29, 0.717) is 49.1 Å². The highest BCUT2D eigenvalue weighted by atomic mass is 35.5. The van der Waals surface area contributed by atoms with Crippen LogP contribution in [0, 0.1) is 6.92 Å². The number of carbonyl (C=O) groups is 2. The zero-order valence-electron chi connectivity index (χ0n) is 29.6. The van der Waals surface area contributed by atoms with Crippen molar-refractivity contribution in [3.8, 4) is 11.1 Å². The van der Waals surface area contributed by atoms with E-state index in [1.807, 2.05) is 30.8 Å². The monoisotopic (exact) mass is 705 g/mol. The summed E-state index contributed by atoms with van der Waals surface area (Å²) in [5, 5.41) is 6.53. The van der Waals surface area contributed by atoms with Crippen LogP contribution in [-0.2, 0) is 50.1 Å². The van der Waals surface area contributed by atoms with Crippen LogP contribution < -0.4 is 0 Å². The van der Waals surface area contributed by atoms with Crippen molar-refractivity contribution in [3.63, 3.8) is 0 Å². The van der Waals surface area contributed by atoms with Crippen LogP contribution in [0.5, 0.6) is 0 Å². The molecule has 0 spiro atoms. The number of aromatic nitrogens is 3. The largest absolute Gasteiger partial charge is 0.464 e. The minimum Gasteiger partial charge on any atom is -0.464 e. The summed E-state index contributed by atoms with van der Waals surface area (Å²) in [6.07, 6.45) is 4.76. The Morgan fingerprint density at radius 3 is 2.55 bits per heavy atom. The van der Waals surface area contributed by atoms with Crippen LogP contribution >= 0.6 is 23.4 Å². The number of aryl methyl sites for hydroxylation is 3. The molecule has 1 aliphatic rings. The number of nitrogens with zero attached hydrogens (tertiary/aromatic N) is 3. The van der Waals surface area contributed by atoms with Crippen LogP contribution in [-0.4, -0.2) is 66.1 Å². The molecule has 1 aromatic carbocycles. The van der Waals surface area contributed by atoms with Gasteiger partial charge in [0.25, 0.3) is 0 Å². The maximum absolute atomic E-state index is 13.6. The predicted molar refractivity (Wildman–Crippen MR) is 193 cm³/mol. The number of fused-ring (bicyclic) bond motifs is 1. The van der Waals surface area contributed by atoms with Gasteiger partial charge in [0.2, 0.25) is 0 Å². The lowest BCUT2D eigenvalue weighted by Gasteiger charge is -2.36. The minimum absolute atomic E-state index is 0.0688. The van der Waals surface area contributed by atoms with Gasteiger partial charge >= 0.3 is 5.97 Å². The maximum atomic E-state index is 13.6. The number of carbonyl (C=O) groups excluding carboxylic acids is 2. The number of esters is 1. The lowest BCUT2D eigenvalue weighted by atomic mass is 9.98. The summed E-state index contributed by atoms with van der Waals surface area (Å²) in [7, 11) is 1.40. The van der Waals surface area contributed by atoms with E-state index >= 15 is 0 Å². The molecule has 0 aliphatic carbocycles. The van der Waals surface area contributed by atoms with Crippen molar-refractivity contribution in [2.24, 2.45) is 7.05 Å². The van der Waals surface area contributed by atoms with Gasteiger partial charge in [-0.2, -0.15) is 5.10 Å². The number of ether oxygens (including phenoxy) is 3. The molecule has 1 atom stereocenters. The van der Waals surface area contributed by atoms with Crippen molar-refractivity contribution in [3.05, 3.63) is 39.8 Å². The van der Waals surface area contributed by atoms with Gasteiger partial charge in [0, 0.05) is 61.7 Å². The minimum atomic E-state index is -1.93. The van der Waals surface area contributed by atoms with Crippen LogP contribution in [0.3, 0.4) is 0 Å². The molecule has 4 rings (SSSR count). The highest BCUT2D eigenvalue weighted by Crippen LogP contribution is 2.43. The second-order valence-corrected chi connectivity index (χ2v) is 20.3. The van der Waals surface area contributed by atoms with Crippen LogP contribution in [0.1, 0.15) is 87.2 Å². The van der Waals surface area contributed by atoms with E-state index < -0.39 is 14.3 Å². The Labute approximate surface area is 290 Å². The molecule has 1 aliphatic heterocycles. The number of thioether (sulfide) groups is 1. The van der Waals surface area contributed by atoms with E-state index in [1.54, 1.807) is 6.92 Å². The highest BCUT2D eigenvalue weighted by molar-refractivity contribution is 8.13. The first-order valence-corrected chi connectivity index (χ1v) is 20.9. The number of benzene rings is 1. The molecule has 260 valence electrons. The highest BCUT2D eigenvalue weighted by Gasteiger charge is 2.37. The SMILES string of the molecule is COC(=O)c1c(CCCO[Si](C)(C)C(C)(C)C)c2ccc(Cl)c(-c3c(COC4CCCCO4)nn(C)c3C)c2n1CCCSC(C)=O. The molecule has 3 heterocycles. The summed E-state index contributed by atoms with van der Waals surface area (Å²) in [5.74, 6) is 0.233. The van der Waals surface area contributed by atoms with Crippen molar-refractivity contribution in [1.82, 2.24) is 14.3 Å². The third-order valence-electron chi connectivity index (χ3n) is 9.53. The first-order chi connectivity index (χ1) is 22.2. The van der Waals surface area contributed by atoms with E-state index in [-0.39, 0.29) is 23.1 Å². The topological polar surface area (TPSA) is 93.8 Å². The first kappa shape index (κ1) is 37.7. The third-order valence-corrected chi connectivity index (χ3v) is 15.3. The quantitative estimate of drug-likeness (QED) is 0.0937. The predicted octanol–water partition coefficient (Wildman–Crippen LogP) is 8.46. The van der Waals surface area contributed by atoms with Gasteiger partial charge in [-0.05, 0) is 75.2 Å². The Hall–Kier alpha value is -2.15. The molecular formula is C35H52ClN3O6SSi. The standard InChI is InChI=1S/C35H52ClN3O6SSi/c1-23-30(28(37-38(23)6)22-44-29-15-10-11-19-43-29)31-27(36)17-16-26-25(14-12-20-45-47(8,9)35(3,4)5)33(34(41)42-7)39(32(26)31)18-13-21-46-24(2)40/h16-17,29H,10-15,18-22H2,1-9H3. The molecule has 1 fully saturated rings. The Morgan fingerprint density at radius 1 is 1.17 bits per heavy atom. The Bertz CT molecular complexity index is 1570. The molecule has 1 saturated heterocycles. The molecule has 12 heteroatoms. The third kappa shape index (κ3) is 8.72. The van der Waals surface area contributed by atoms with Crippen molar-refractivity contribution in [2.45, 2.75) is 111 Å². The van der Waals surface area contributed by atoms with Crippen LogP contribution in [0.15, 0.2) is 12.1 Å². The summed E-state index contributed by atoms with van der Waals surface area (Å²) < 4.78 is 27.9. The number of hydrogen-bond acceptors (Lipinski definition) is 8. The fourth-order valence-electron chi connectivity index (χ4n) is 5.89. The van der Waals surface area contributed by atoms with Gasteiger partial charge in [0.05, 0.1) is 29.9 Å². The van der Waals surface area contributed by atoms with Crippen LogP contribution in [0.2, 0.25) is 23.2 Å². The van der Waals surface area contributed by atoms with Crippen LogP contribution in [0.4, 0.5) is 0 Å². The molecule has 3 aromatic rings. The van der Waals surface area contributed by atoms with Gasteiger partial charge in [-0.3, -0.25) is 9.48 Å². The summed E-state index contributed by atoms with van der Waals surface area (Å²) >= 11 is 8.40. The number of rotatable bonds is 14. The van der Waals surface area contributed by atoms with Gasteiger partial charge in [0.1, 0.15) is 5.69 Å². The average molecular weight is 706 g/mol. The number of halogens is 1. The van der Waals surface area contributed by atoms with Crippen molar-refractivity contribution in [1.29, 1.82) is 0 Å². The van der Waals surface area contributed by atoms with E-state index in [0.717, 1.165) is 64.7 Å². The van der Waals surface area contributed by atoms with Crippen LogP contribution in [0.25, 0.3) is 22.0 Å². The normalized spacial score (nSPS) is 15.8. The molecule has 0 amide bonds. The smallest absolute Gasteiger partial charge is 0.354 e. The van der Waals surface area contributed by atoms with Gasteiger partial charge in [-0.1, -0.05) is 50.2 Å². The molecule has 0 N–H and O–H groups in total. The van der Waals surface area contributed by atoms with Crippen molar-refractivity contribution in [2.75, 3.05) is 26.1 Å².